The van der Waals surface area contributed by atoms with E-state index >= 15 is 0 Å². The third-order valence-corrected chi connectivity index (χ3v) is 3.02. The Bertz CT molecular complexity index is 606. The van der Waals surface area contributed by atoms with Crippen LogP contribution in [0.5, 0.6) is 5.75 Å². The van der Waals surface area contributed by atoms with E-state index in [0.29, 0.717) is 10.7 Å². The Morgan fingerprint density at radius 2 is 1.84 bits per heavy atom. The van der Waals surface area contributed by atoms with Crippen molar-refractivity contribution < 1.29 is 9.94 Å². The van der Waals surface area contributed by atoms with Gasteiger partial charge >= 0.3 is 0 Å². The molecule has 0 heterocycles. The molecule has 98 valence electrons. The fourth-order valence-electron chi connectivity index (χ4n) is 1.87. The molecule has 0 amide bonds. The number of oxime groups is 1. The van der Waals surface area contributed by atoms with Crippen molar-refractivity contribution in [3.05, 3.63) is 64.2 Å². The van der Waals surface area contributed by atoms with Gasteiger partial charge in [-0.1, -0.05) is 28.9 Å². The van der Waals surface area contributed by atoms with Gasteiger partial charge in [-0.15, -0.1) is 0 Å². The molecule has 0 aliphatic heterocycles. The van der Waals surface area contributed by atoms with Crippen LogP contribution in [0, 0.1) is 6.92 Å². The van der Waals surface area contributed by atoms with Crippen LogP contribution < -0.4 is 0 Å². The minimum Gasteiger partial charge on any atom is -0.508 e. The van der Waals surface area contributed by atoms with Crippen molar-refractivity contribution >= 4 is 17.3 Å². The van der Waals surface area contributed by atoms with Crippen LogP contribution in [0.2, 0.25) is 5.02 Å². The monoisotopic (exact) mass is 275 g/mol. The lowest BCUT2D eigenvalue weighted by Gasteiger charge is -2.10. The first-order chi connectivity index (χ1) is 9.11. The van der Waals surface area contributed by atoms with E-state index in [2.05, 4.69) is 5.16 Å². The maximum atomic E-state index is 9.47. The summed E-state index contributed by atoms with van der Waals surface area (Å²) in [5, 5.41) is 14.2. The summed E-state index contributed by atoms with van der Waals surface area (Å²) in [6.45, 7) is 1.91. The molecule has 2 rings (SSSR count). The standard InChI is InChI=1S/C15H14ClNO2/c1-10-9-13(18)7-8-14(10)15(17-19-2)11-3-5-12(16)6-4-11/h3-9,18H,1-2H3. The van der Waals surface area contributed by atoms with Crippen LogP contribution in [0.25, 0.3) is 0 Å². The smallest absolute Gasteiger partial charge is 0.117 e. The summed E-state index contributed by atoms with van der Waals surface area (Å²) in [5.74, 6) is 0.231. The van der Waals surface area contributed by atoms with Gasteiger partial charge in [-0.2, -0.15) is 0 Å². The average Bonchev–Trinajstić information content (AvgIpc) is 2.38. The first-order valence-corrected chi connectivity index (χ1v) is 6.16. The van der Waals surface area contributed by atoms with Crippen molar-refractivity contribution in [2.45, 2.75) is 6.92 Å². The van der Waals surface area contributed by atoms with Gasteiger partial charge in [0.25, 0.3) is 0 Å². The van der Waals surface area contributed by atoms with Crippen LogP contribution in [-0.2, 0) is 4.84 Å². The molecular weight excluding hydrogens is 262 g/mol. The fourth-order valence-corrected chi connectivity index (χ4v) is 2.00. The average molecular weight is 276 g/mol. The molecule has 0 radical (unpaired) electrons. The van der Waals surface area contributed by atoms with Crippen molar-refractivity contribution in [2.75, 3.05) is 7.11 Å². The minimum atomic E-state index is 0.231. The number of phenolic OH excluding ortho intramolecular Hbond substituents is 1. The van der Waals surface area contributed by atoms with E-state index in [0.717, 1.165) is 16.7 Å². The first kappa shape index (κ1) is 13.4. The third kappa shape index (κ3) is 3.06. The topological polar surface area (TPSA) is 41.8 Å². The zero-order valence-corrected chi connectivity index (χ0v) is 11.5. The molecule has 1 N–H and O–H groups in total. The van der Waals surface area contributed by atoms with Crippen LogP contribution in [0.15, 0.2) is 47.6 Å². The van der Waals surface area contributed by atoms with E-state index in [1.165, 1.54) is 7.11 Å². The predicted molar refractivity (Wildman–Crippen MR) is 76.9 cm³/mol. The zero-order chi connectivity index (χ0) is 13.8. The largest absolute Gasteiger partial charge is 0.508 e. The first-order valence-electron chi connectivity index (χ1n) is 5.79. The van der Waals surface area contributed by atoms with Gasteiger partial charge in [-0.05, 0) is 42.8 Å². The van der Waals surface area contributed by atoms with E-state index in [-0.39, 0.29) is 5.75 Å². The summed E-state index contributed by atoms with van der Waals surface area (Å²) in [6, 6.07) is 12.5. The molecule has 4 heteroatoms. The lowest BCUT2D eigenvalue weighted by atomic mass is 9.98. The molecule has 0 aliphatic carbocycles. The summed E-state index contributed by atoms with van der Waals surface area (Å²) in [7, 11) is 1.51. The molecule has 19 heavy (non-hydrogen) atoms. The van der Waals surface area contributed by atoms with Gasteiger partial charge < -0.3 is 9.94 Å². The third-order valence-electron chi connectivity index (χ3n) is 2.77. The summed E-state index contributed by atoms with van der Waals surface area (Å²) in [6.07, 6.45) is 0. The quantitative estimate of drug-likeness (QED) is 0.685. The second-order valence-corrected chi connectivity index (χ2v) is 4.57. The zero-order valence-electron chi connectivity index (χ0n) is 10.7. The lowest BCUT2D eigenvalue weighted by Crippen LogP contribution is -2.06. The fraction of sp³-hybridized carbons (Fsp3) is 0.133. The molecule has 0 bridgehead atoms. The van der Waals surface area contributed by atoms with E-state index in [1.54, 1.807) is 24.3 Å². The van der Waals surface area contributed by atoms with Gasteiger partial charge in [0.2, 0.25) is 0 Å². The number of hydrogen-bond acceptors (Lipinski definition) is 3. The van der Waals surface area contributed by atoms with Crippen LogP contribution in [0.4, 0.5) is 0 Å². The van der Waals surface area contributed by atoms with Crippen LogP contribution in [0.3, 0.4) is 0 Å². The molecule has 0 unspecified atom stereocenters. The number of rotatable bonds is 3. The number of aromatic hydroxyl groups is 1. The van der Waals surface area contributed by atoms with Gasteiger partial charge in [0.1, 0.15) is 18.6 Å². The summed E-state index contributed by atoms with van der Waals surface area (Å²) in [5.41, 5.74) is 3.43. The number of aryl methyl sites for hydroxylation is 1. The Morgan fingerprint density at radius 1 is 1.16 bits per heavy atom. The Kier molecular flexibility index (Phi) is 4.07. The number of halogens is 1. The molecule has 2 aromatic carbocycles. The SMILES string of the molecule is CON=C(c1ccc(Cl)cc1)c1ccc(O)cc1C. The second kappa shape index (κ2) is 5.76. The molecular formula is C15H14ClNO2. The maximum absolute atomic E-state index is 9.47. The lowest BCUT2D eigenvalue weighted by molar-refractivity contribution is 0.214. The molecule has 3 nitrogen and oxygen atoms in total. The number of nitrogens with zero attached hydrogens (tertiary/aromatic N) is 1. The summed E-state index contributed by atoms with van der Waals surface area (Å²) < 4.78 is 0. The highest BCUT2D eigenvalue weighted by molar-refractivity contribution is 6.30. The Morgan fingerprint density at radius 3 is 2.42 bits per heavy atom. The summed E-state index contributed by atoms with van der Waals surface area (Å²) in [4.78, 5) is 4.92. The van der Waals surface area contributed by atoms with Crippen LogP contribution in [0.1, 0.15) is 16.7 Å². The highest BCUT2D eigenvalue weighted by atomic mass is 35.5. The van der Waals surface area contributed by atoms with Gasteiger partial charge in [0.15, 0.2) is 0 Å². The van der Waals surface area contributed by atoms with Gasteiger partial charge in [-0.25, -0.2) is 0 Å². The molecule has 0 aliphatic rings. The number of phenols is 1. The van der Waals surface area contributed by atoms with Crippen LogP contribution in [-0.4, -0.2) is 17.9 Å². The van der Waals surface area contributed by atoms with Crippen molar-refractivity contribution in [3.8, 4) is 5.75 Å². The Balaban J connectivity index is 2.52. The Hall–Kier alpha value is -2.00. The molecule has 0 saturated carbocycles. The second-order valence-electron chi connectivity index (χ2n) is 4.13. The van der Waals surface area contributed by atoms with Crippen molar-refractivity contribution in [1.82, 2.24) is 0 Å². The highest BCUT2D eigenvalue weighted by Gasteiger charge is 2.11. The van der Waals surface area contributed by atoms with Gasteiger partial charge in [0.05, 0.1) is 0 Å². The number of benzene rings is 2. The molecule has 0 atom stereocenters. The van der Waals surface area contributed by atoms with Crippen LogP contribution >= 0.6 is 11.6 Å². The minimum absolute atomic E-state index is 0.231. The van der Waals surface area contributed by atoms with E-state index < -0.39 is 0 Å². The predicted octanol–water partition coefficient (Wildman–Crippen LogP) is 3.75. The van der Waals surface area contributed by atoms with Crippen molar-refractivity contribution in [1.29, 1.82) is 0 Å². The Labute approximate surface area is 117 Å². The maximum Gasteiger partial charge on any atom is 0.117 e. The normalized spacial score (nSPS) is 11.4. The molecule has 0 aromatic heterocycles. The molecule has 0 saturated heterocycles. The summed E-state index contributed by atoms with van der Waals surface area (Å²) >= 11 is 5.89. The van der Waals surface area contributed by atoms with Crippen molar-refractivity contribution in [3.63, 3.8) is 0 Å². The number of hydrogen-bond donors (Lipinski definition) is 1. The van der Waals surface area contributed by atoms with Gasteiger partial charge in [-0.3, -0.25) is 0 Å². The molecule has 0 spiro atoms. The molecule has 2 aromatic rings. The van der Waals surface area contributed by atoms with Crippen molar-refractivity contribution in [2.24, 2.45) is 5.16 Å². The van der Waals surface area contributed by atoms with E-state index in [4.69, 9.17) is 16.4 Å². The highest BCUT2D eigenvalue weighted by Crippen LogP contribution is 2.21. The molecule has 0 fully saturated rings. The van der Waals surface area contributed by atoms with E-state index in [9.17, 15) is 5.11 Å². The van der Waals surface area contributed by atoms with E-state index in [1.807, 2.05) is 25.1 Å². The van der Waals surface area contributed by atoms with Gasteiger partial charge in [0, 0.05) is 16.1 Å².